The monoisotopic (exact) mass is 288 g/mol. The van der Waals surface area contributed by atoms with Gasteiger partial charge in [0.05, 0.1) is 0 Å². The van der Waals surface area contributed by atoms with E-state index in [-0.39, 0.29) is 12.1 Å². The summed E-state index contributed by atoms with van der Waals surface area (Å²) in [5.74, 6) is -0.429. The molecule has 0 saturated heterocycles. The van der Waals surface area contributed by atoms with Crippen molar-refractivity contribution in [3.63, 3.8) is 0 Å². The first kappa shape index (κ1) is 14.6. The predicted octanol–water partition coefficient (Wildman–Crippen LogP) is 0.374. The molecule has 1 aromatic carbocycles. The highest BCUT2D eigenvalue weighted by molar-refractivity contribution is 5.90. The highest BCUT2D eigenvalue weighted by Gasteiger charge is 2.10. The van der Waals surface area contributed by atoms with E-state index in [1.165, 1.54) is 0 Å². The van der Waals surface area contributed by atoms with Crippen LogP contribution in [0, 0.1) is 13.8 Å². The van der Waals surface area contributed by atoms with Gasteiger partial charge in [0.25, 0.3) is 11.1 Å². The number of rotatable bonds is 3. The maximum Gasteiger partial charge on any atom is 0.268 e. The number of hydrogen-bond acceptors (Lipinski definition) is 4. The molecule has 110 valence electrons. The quantitative estimate of drug-likeness (QED) is 0.709. The summed E-state index contributed by atoms with van der Waals surface area (Å²) >= 11 is 0. The number of carbonyl (C=O) groups excluding carboxylic acids is 1. The number of anilines is 2. The van der Waals surface area contributed by atoms with Crippen LogP contribution >= 0.6 is 0 Å². The van der Waals surface area contributed by atoms with Gasteiger partial charge in [0.15, 0.2) is 0 Å². The summed E-state index contributed by atoms with van der Waals surface area (Å²) in [7, 11) is 0. The molecule has 7 nitrogen and oxygen atoms in total. The number of nitrogens with zero attached hydrogens (tertiary/aromatic N) is 1. The molecule has 0 radical (unpaired) electrons. The first-order valence-corrected chi connectivity index (χ1v) is 6.34. The summed E-state index contributed by atoms with van der Waals surface area (Å²) in [6, 6.07) is 6.68. The van der Waals surface area contributed by atoms with E-state index in [9.17, 15) is 14.4 Å². The molecule has 0 saturated carbocycles. The second-order valence-corrected chi connectivity index (χ2v) is 4.76. The van der Waals surface area contributed by atoms with Crippen molar-refractivity contribution < 1.29 is 4.79 Å². The van der Waals surface area contributed by atoms with Crippen molar-refractivity contribution in [3.8, 4) is 0 Å². The average molecular weight is 288 g/mol. The zero-order chi connectivity index (χ0) is 15.6. The van der Waals surface area contributed by atoms with Crippen LogP contribution < -0.4 is 22.2 Å². The van der Waals surface area contributed by atoms with Crippen LogP contribution in [-0.2, 0) is 11.3 Å². The Balaban J connectivity index is 2.21. The Morgan fingerprint density at radius 3 is 2.67 bits per heavy atom. The second kappa shape index (κ2) is 5.66. The van der Waals surface area contributed by atoms with Crippen molar-refractivity contribution in [1.29, 1.82) is 0 Å². The van der Waals surface area contributed by atoms with Gasteiger partial charge in [-0.3, -0.25) is 19.5 Å². The molecule has 2 aromatic rings. The normalized spacial score (nSPS) is 10.4. The van der Waals surface area contributed by atoms with Gasteiger partial charge in [-0.1, -0.05) is 6.07 Å². The number of aromatic nitrogens is 2. The van der Waals surface area contributed by atoms with Crippen LogP contribution in [0.15, 0.2) is 33.9 Å². The van der Waals surface area contributed by atoms with Gasteiger partial charge in [-0.15, -0.1) is 0 Å². The van der Waals surface area contributed by atoms with E-state index in [0.29, 0.717) is 22.5 Å². The molecule has 0 aliphatic heterocycles. The number of benzene rings is 1. The fourth-order valence-corrected chi connectivity index (χ4v) is 1.86. The lowest BCUT2D eigenvalue weighted by Crippen LogP contribution is -2.36. The minimum absolute atomic E-state index is 0.274. The number of H-pyrrole nitrogens is 1. The third kappa shape index (κ3) is 3.19. The number of carbonyl (C=O) groups is 1. The van der Waals surface area contributed by atoms with Gasteiger partial charge in [0.2, 0.25) is 5.91 Å². The number of nitrogens with two attached hydrogens (primary N) is 1. The Hall–Kier alpha value is -2.83. The first-order valence-electron chi connectivity index (χ1n) is 6.34. The minimum atomic E-state index is -0.429. The van der Waals surface area contributed by atoms with Crippen LogP contribution in [0.4, 0.5) is 11.4 Å². The van der Waals surface area contributed by atoms with Crippen LogP contribution in [0.5, 0.6) is 0 Å². The smallest absolute Gasteiger partial charge is 0.268 e. The van der Waals surface area contributed by atoms with E-state index in [0.717, 1.165) is 4.68 Å². The third-order valence-electron chi connectivity index (χ3n) is 3.18. The van der Waals surface area contributed by atoms with Gasteiger partial charge in [0, 0.05) is 22.5 Å². The van der Waals surface area contributed by atoms with Crippen LogP contribution in [0.3, 0.4) is 0 Å². The predicted molar refractivity (Wildman–Crippen MR) is 80.3 cm³/mol. The first-order chi connectivity index (χ1) is 9.88. The van der Waals surface area contributed by atoms with Crippen LogP contribution in [0.25, 0.3) is 0 Å². The number of nitrogen functional groups attached to an aromatic ring is 1. The van der Waals surface area contributed by atoms with Crippen LogP contribution in [0.2, 0.25) is 0 Å². The fraction of sp³-hybridized carbons (Fsp3) is 0.214. The summed E-state index contributed by atoms with van der Waals surface area (Å²) in [4.78, 5) is 35.5. The Morgan fingerprint density at radius 1 is 1.29 bits per heavy atom. The molecule has 0 aliphatic carbocycles. The van der Waals surface area contributed by atoms with Gasteiger partial charge < -0.3 is 11.1 Å². The summed E-state index contributed by atoms with van der Waals surface area (Å²) in [6.07, 6.45) is 0. The van der Waals surface area contributed by atoms with Crippen molar-refractivity contribution in [2.24, 2.45) is 0 Å². The molecule has 4 N–H and O–H groups in total. The lowest BCUT2D eigenvalue weighted by Gasteiger charge is -2.09. The second-order valence-electron chi connectivity index (χ2n) is 4.76. The van der Waals surface area contributed by atoms with Crippen LogP contribution in [-0.4, -0.2) is 15.7 Å². The maximum atomic E-state index is 12.0. The van der Waals surface area contributed by atoms with E-state index in [4.69, 9.17) is 5.73 Å². The molecule has 1 heterocycles. The average Bonchev–Trinajstić information content (AvgIpc) is 2.42. The van der Waals surface area contributed by atoms with Gasteiger partial charge in [-0.2, -0.15) is 0 Å². The highest BCUT2D eigenvalue weighted by Crippen LogP contribution is 2.11. The molecular weight excluding hydrogens is 272 g/mol. The molecule has 0 unspecified atom stereocenters. The maximum absolute atomic E-state index is 12.0. The Kier molecular flexibility index (Phi) is 3.93. The zero-order valence-electron chi connectivity index (χ0n) is 11.8. The third-order valence-corrected chi connectivity index (χ3v) is 3.18. The number of amides is 1. The molecule has 21 heavy (non-hydrogen) atoms. The van der Waals surface area contributed by atoms with E-state index >= 15 is 0 Å². The Labute approximate surface area is 120 Å². The summed E-state index contributed by atoms with van der Waals surface area (Å²) in [6.45, 7) is 2.84. The molecule has 0 aliphatic rings. The number of hydrogen-bond donors (Lipinski definition) is 3. The molecule has 1 aromatic heterocycles. The molecule has 7 heteroatoms. The lowest BCUT2D eigenvalue weighted by atomic mass is 10.2. The van der Waals surface area contributed by atoms with E-state index < -0.39 is 11.5 Å². The van der Waals surface area contributed by atoms with Gasteiger partial charge in [0.1, 0.15) is 6.54 Å². The largest absolute Gasteiger partial charge is 0.399 e. The minimum Gasteiger partial charge on any atom is -0.399 e. The van der Waals surface area contributed by atoms with Crippen molar-refractivity contribution in [2.45, 2.75) is 20.4 Å². The van der Waals surface area contributed by atoms with Gasteiger partial charge in [-0.05, 0) is 32.0 Å². The standard InChI is InChI=1S/C14H16N4O3/c1-8-9(2)14(21)18(17-13(8)20)7-12(19)16-11-5-3-4-10(15)6-11/h3-6H,7,15H2,1-2H3,(H,16,19)(H,17,20). The Bertz CT molecular complexity index is 805. The summed E-state index contributed by atoms with van der Waals surface area (Å²) in [5.41, 5.74) is 6.56. The van der Waals surface area contributed by atoms with Crippen molar-refractivity contribution in [3.05, 3.63) is 56.1 Å². The molecule has 1 amide bonds. The fourth-order valence-electron chi connectivity index (χ4n) is 1.86. The highest BCUT2D eigenvalue weighted by atomic mass is 16.2. The van der Waals surface area contributed by atoms with Crippen molar-refractivity contribution in [2.75, 3.05) is 11.1 Å². The van der Waals surface area contributed by atoms with E-state index in [1.807, 2.05) is 0 Å². The molecule has 0 fully saturated rings. The van der Waals surface area contributed by atoms with Crippen LogP contribution in [0.1, 0.15) is 11.1 Å². The number of aromatic amines is 1. The van der Waals surface area contributed by atoms with E-state index in [1.54, 1.807) is 38.1 Å². The van der Waals surface area contributed by atoms with E-state index in [2.05, 4.69) is 10.4 Å². The molecule has 0 spiro atoms. The summed E-state index contributed by atoms with van der Waals surface area (Å²) in [5, 5.41) is 4.99. The molecular formula is C14H16N4O3. The Morgan fingerprint density at radius 2 is 2.00 bits per heavy atom. The lowest BCUT2D eigenvalue weighted by molar-refractivity contribution is -0.117. The SMILES string of the molecule is Cc1c(C)c(=O)n(CC(=O)Nc2cccc(N)c2)[nH]c1=O. The summed E-state index contributed by atoms with van der Waals surface area (Å²) < 4.78 is 0.992. The zero-order valence-corrected chi connectivity index (χ0v) is 11.8. The topological polar surface area (TPSA) is 110 Å². The van der Waals surface area contributed by atoms with Gasteiger partial charge in [-0.25, -0.2) is 4.68 Å². The van der Waals surface area contributed by atoms with Crippen molar-refractivity contribution in [1.82, 2.24) is 9.78 Å². The molecule has 0 bridgehead atoms. The number of nitrogens with one attached hydrogen (secondary N) is 2. The van der Waals surface area contributed by atoms with Gasteiger partial charge >= 0.3 is 0 Å². The molecule has 0 atom stereocenters. The molecule has 2 rings (SSSR count). The van der Waals surface area contributed by atoms with Crippen molar-refractivity contribution >= 4 is 17.3 Å².